The van der Waals surface area contributed by atoms with E-state index in [0.29, 0.717) is 11.8 Å². The lowest BCUT2D eigenvalue weighted by atomic mass is 9.77. The van der Waals surface area contributed by atoms with Gasteiger partial charge in [0.05, 0.1) is 21.3 Å². The molecule has 2 aliphatic rings. The van der Waals surface area contributed by atoms with Gasteiger partial charge in [-0.3, -0.25) is 0 Å². The van der Waals surface area contributed by atoms with Gasteiger partial charge in [-0.2, -0.15) is 0 Å². The maximum Gasteiger partial charge on any atom is 0.204 e. The second-order valence-corrected chi connectivity index (χ2v) is 5.98. The van der Waals surface area contributed by atoms with Gasteiger partial charge in [-0.25, -0.2) is 0 Å². The van der Waals surface area contributed by atoms with E-state index in [0.717, 1.165) is 36.4 Å². The summed E-state index contributed by atoms with van der Waals surface area (Å²) in [5.74, 6) is 2.28. The van der Waals surface area contributed by atoms with E-state index in [-0.39, 0.29) is 0 Å². The minimum atomic E-state index is 0.303. The normalized spacial score (nSPS) is 18.0. The number of fused-ring (bicyclic) bond motifs is 2. The number of hydrogen-bond acceptors (Lipinski definition) is 4. The fourth-order valence-corrected chi connectivity index (χ4v) is 4.06. The molecule has 4 nitrogen and oxygen atoms in total. The van der Waals surface area contributed by atoms with Gasteiger partial charge in [0.15, 0.2) is 11.5 Å². The number of ether oxygens (including phenoxy) is 3. The summed E-state index contributed by atoms with van der Waals surface area (Å²) < 4.78 is 17.1. The highest BCUT2D eigenvalue weighted by Gasteiger charge is 2.36. The van der Waals surface area contributed by atoms with Crippen molar-refractivity contribution in [1.82, 2.24) is 5.32 Å². The Morgan fingerprint density at radius 2 is 1.70 bits per heavy atom. The quantitative estimate of drug-likeness (QED) is 0.945. The molecule has 0 aromatic heterocycles. The highest BCUT2D eigenvalue weighted by Crippen LogP contribution is 2.55. The minimum Gasteiger partial charge on any atom is -0.492 e. The maximum atomic E-state index is 5.77. The third-order valence-corrected chi connectivity index (χ3v) is 4.95. The van der Waals surface area contributed by atoms with Crippen LogP contribution in [0.25, 0.3) is 11.1 Å². The summed E-state index contributed by atoms with van der Waals surface area (Å²) in [5.41, 5.74) is 6.29. The molecule has 120 valence electrons. The average molecular weight is 311 g/mol. The van der Waals surface area contributed by atoms with Crippen LogP contribution in [-0.4, -0.2) is 27.9 Å². The summed E-state index contributed by atoms with van der Waals surface area (Å²) in [6, 6.07) is 8.85. The van der Waals surface area contributed by atoms with E-state index in [9.17, 15) is 0 Å². The lowest BCUT2D eigenvalue weighted by Crippen LogP contribution is -2.34. The topological polar surface area (TPSA) is 39.7 Å². The molecule has 0 radical (unpaired) electrons. The van der Waals surface area contributed by atoms with Crippen LogP contribution in [0.5, 0.6) is 17.2 Å². The first kappa shape index (κ1) is 14.4. The van der Waals surface area contributed by atoms with Crippen LogP contribution in [0.4, 0.5) is 0 Å². The van der Waals surface area contributed by atoms with Crippen LogP contribution >= 0.6 is 0 Å². The summed E-state index contributed by atoms with van der Waals surface area (Å²) in [7, 11) is 5.07. The molecule has 0 amide bonds. The Kier molecular flexibility index (Phi) is 3.42. The Balaban J connectivity index is 2.13. The molecule has 1 aliphatic heterocycles. The Labute approximate surface area is 136 Å². The molecule has 0 saturated carbocycles. The summed E-state index contributed by atoms with van der Waals surface area (Å²) in [6.45, 7) is 0.950. The van der Waals surface area contributed by atoms with Crippen molar-refractivity contribution in [2.24, 2.45) is 0 Å². The van der Waals surface area contributed by atoms with Crippen LogP contribution in [0, 0.1) is 0 Å². The molecule has 1 atom stereocenters. The Morgan fingerprint density at radius 3 is 2.43 bits per heavy atom. The smallest absolute Gasteiger partial charge is 0.204 e. The SMILES string of the molecule is COc1c2c3c(c(OC)c1OC)-c1ccccc1C[C@H]3NCC2. The standard InChI is InChI=1S/C19H21NO3/c1-21-17-13-8-9-20-14-10-11-6-4-5-7-12(11)16(15(13)14)18(22-2)19(17)23-3/h4-7,14,20H,8-10H2,1-3H3/t14-/m1/s1. The first-order valence-electron chi connectivity index (χ1n) is 7.96. The van der Waals surface area contributed by atoms with Crippen LogP contribution < -0.4 is 19.5 Å². The van der Waals surface area contributed by atoms with Gasteiger partial charge >= 0.3 is 0 Å². The number of methoxy groups -OCH3 is 3. The highest BCUT2D eigenvalue weighted by atomic mass is 16.5. The van der Waals surface area contributed by atoms with E-state index in [4.69, 9.17) is 14.2 Å². The second kappa shape index (κ2) is 5.46. The summed E-state index contributed by atoms with van der Waals surface area (Å²) in [5, 5.41) is 3.65. The van der Waals surface area contributed by atoms with Crippen molar-refractivity contribution in [3.05, 3.63) is 41.0 Å². The van der Waals surface area contributed by atoms with Crippen LogP contribution in [0.3, 0.4) is 0 Å². The van der Waals surface area contributed by atoms with E-state index in [2.05, 4.69) is 29.6 Å². The molecule has 1 aliphatic carbocycles. The molecule has 0 bridgehead atoms. The van der Waals surface area contributed by atoms with Gasteiger partial charge in [-0.1, -0.05) is 24.3 Å². The zero-order chi connectivity index (χ0) is 16.0. The fourth-order valence-electron chi connectivity index (χ4n) is 4.06. The summed E-state index contributed by atoms with van der Waals surface area (Å²) >= 11 is 0. The predicted molar refractivity (Wildman–Crippen MR) is 89.7 cm³/mol. The molecule has 2 aromatic carbocycles. The van der Waals surface area contributed by atoms with Gasteiger partial charge in [0.1, 0.15) is 0 Å². The van der Waals surface area contributed by atoms with Gasteiger partial charge in [0.25, 0.3) is 0 Å². The van der Waals surface area contributed by atoms with Crippen LogP contribution in [0.1, 0.15) is 22.7 Å². The number of benzene rings is 2. The zero-order valence-corrected chi connectivity index (χ0v) is 13.7. The van der Waals surface area contributed by atoms with Gasteiger partial charge in [0.2, 0.25) is 5.75 Å². The lowest BCUT2D eigenvalue weighted by molar-refractivity contribution is 0.318. The number of hydrogen-bond donors (Lipinski definition) is 1. The van der Waals surface area contributed by atoms with Crippen molar-refractivity contribution in [3.63, 3.8) is 0 Å². The van der Waals surface area contributed by atoms with E-state index < -0.39 is 0 Å². The van der Waals surface area contributed by atoms with Gasteiger partial charge in [-0.05, 0) is 36.1 Å². The van der Waals surface area contributed by atoms with E-state index in [1.54, 1.807) is 21.3 Å². The van der Waals surface area contributed by atoms with Crippen molar-refractivity contribution in [2.45, 2.75) is 18.9 Å². The zero-order valence-electron chi connectivity index (χ0n) is 13.7. The number of rotatable bonds is 3. The predicted octanol–water partition coefficient (Wildman–Crippen LogP) is 3.12. The molecular weight excluding hydrogens is 290 g/mol. The van der Waals surface area contributed by atoms with Gasteiger partial charge in [-0.15, -0.1) is 0 Å². The van der Waals surface area contributed by atoms with E-state index >= 15 is 0 Å². The molecule has 0 fully saturated rings. The summed E-state index contributed by atoms with van der Waals surface area (Å²) in [4.78, 5) is 0. The largest absolute Gasteiger partial charge is 0.492 e. The van der Waals surface area contributed by atoms with Crippen molar-refractivity contribution in [2.75, 3.05) is 27.9 Å². The molecule has 1 heterocycles. The molecule has 0 saturated heterocycles. The monoisotopic (exact) mass is 311 g/mol. The molecule has 0 spiro atoms. The van der Waals surface area contributed by atoms with Crippen molar-refractivity contribution in [3.8, 4) is 28.4 Å². The van der Waals surface area contributed by atoms with Crippen molar-refractivity contribution < 1.29 is 14.2 Å². The fraction of sp³-hybridized carbons (Fsp3) is 0.368. The number of nitrogens with one attached hydrogen (secondary N) is 1. The highest BCUT2D eigenvalue weighted by molar-refractivity contribution is 5.86. The molecule has 0 unspecified atom stereocenters. The third kappa shape index (κ3) is 1.94. The molecule has 1 N–H and O–H groups in total. The molecule has 4 heteroatoms. The Morgan fingerprint density at radius 1 is 0.957 bits per heavy atom. The van der Waals surface area contributed by atoms with E-state index in [1.807, 2.05) is 0 Å². The molecule has 2 aromatic rings. The molecular formula is C19H21NO3. The Hall–Kier alpha value is -2.20. The summed E-state index contributed by atoms with van der Waals surface area (Å²) in [6.07, 6.45) is 1.93. The first-order valence-corrected chi connectivity index (χ1v) is 7.96. The van der Waals surface area contributed by atoms with Crippen LogP contribution in [0.2, 0.25) is 0 Å². The van der Waals surface area contributed by atoms with Crippen molar-refractivity contribution >= 4 is 0 Å². The lowest BCUT2D eigenvalue weighted by Gasteiger charge is -2.36. The van der Waals surface area contributed by atoms with Gasteiger partial charge in [0, 0.05) is 17.2 Å². The first-order chi connectivity index (χ1) is 11.3. The molecule has 23 heavy (non-hydrogen) atoms. The maximum absolute atomic E-state index is 5.77. The average Bonchev–Trinajstić information content (AvgIpc) is 2.60. The van der Waals surface area contributed by atoms with E-state index in [1.165, 1.54) is 22.3 Å². The van der Waals surface area contributed by atoms with Crippen molar-refractivity contribution in [1.29, 1.82) is 0 Å². The Bertz CT molecular complexity index is 770. The van der Waals surface area contributed by atoms with Crippen LogP contribution in [0.15, 0.2) is 24.3 Å². The van der Waals surface area contributed by atoms with Gasteiger partial charge < -0.3 is 19.5 Å². The van der Waals surface area contributed by atoms with Crippen LogP contribution in [-0.2, 0) is 12.8 Å². The molecule has 4 rings (SSSR count). The third-order valence-electron chi connectivity index (χ3n) is 4.95. The second-order valence-electron chi connectivity index (χ2n) is 5.98. The minimum absolute atomic E-state index is 0.303.